The summed E-state index contributed by atoms with van der Waals surface area (Å²) in [5.41, 5.74) is 5.69. The number of likely N-dealkylation sites (tertiary alicyclic amines) is 1. The van der Waals surface area contributed by atoms with E-state index in [9.17, 15) is 14.4 Å². The fourth-order valence-corrected chi connectivity index (χ4v) is 9.76. The van der Waals surface area contributed by atoms with Crippen LogP contribution in [0, 0.1) is 12.3 Å². The second-order valence-corrected chi connectivity index (χ2v) is 18.1. The number of rotatable bonds is 10. The lowest BCUT2D eigenvalue weighted by Crippen LogP contribution is -2.42. The van der Waals surface area contributed by atoms with Gasteiger partial charge >= 0.3 is 11.9 Å². The van der Waals surface area contributed by atoms with Gasteiger partial charge in [-0.15, -0.1) is 0 Å². The van der Waals surface area contributed by atoms with Crippen LogP contribution < -0.4 is 15.0 Å². The summed E-state index contributed by atoms with van der Waals surface area (Å²) in [6, 6.07) is 23.6. The monoisotopic (exact) mass is 815 g/mol. The second kappa shape index (κ2) is 16.7. The lowest BCUT2D eigenvalue weighted by atomic mass is 9.77. The summed E-state index contributed by atoms with van der Waals surface area (Å²) < 4.78 is 18.9. The number of anilines is 2. The minimum Gasteiger partial charge on any atom is -0.490 e. The molecule has 4 heterocycles. The number of amides is 1. The van der Waals surface area contributed by atoms with Gasteiger partial charge in [-0.05, 0) is 150 Å². The molecule has 3 aromatic carbocycles. The van der Waals surface area contributed by atoms with E-state index in [4.69, 9.17) is 19.2 Å². The molecule has 1 saturated heterocycles. The molecule has 1 amide bonds. The van der Waals surface area contributed by atoms with Crippen molar-refractivity contribution in [1.82, 2.24) is 14.9 Å². The minimum absolute atomic E-state index is 0.0848. The number of pyridine rings is 1. The number of ether oxygens (including phenoxy) is 3. The van der Waals surface area contributed by atoms with Crippen LogP contribution in [-0.4, -0.2) is 77.2 Å². The third kappa shape index (κ3) is 8.99. The highest BCUT2D eigenvalue weighted by atomic mass is 32.1. The first-order chi connectivity index (χ1) is 28.4. The van der Waals surface area contributed by atoms with Crippen molar-refractivity contribution in [3.8, 4) is 16.9 Å². The summed E-state index contributed by atoms with van der Waals surface area (Å²) in [6.07, 6.45) is 5.96. The van der Waals surface area contributed by atoms with Crippen molar-refractivity contribution < 1.29 is 28.6 Å². The summed E-state index contributed by atoms with van der Waals surface area (Å²) in [5.74, 6) is 0.576. The topological polar surface area (TPSA) is 123 Å². The van der Waals surface area contributed by atoms with Crippen molar-refractivity contribution in [2.24, 2.45) is 5.41 Å². The van der Waals surface area contributed by atoms with Crippen molar-refractivity contribution in [2.45, 2.75) is 91.4 Å². The Bertz CT molecular complexity index is 2350. The average molecular weight is 816 g/mol. The Morgan fingerprint density at radius 3 is 2.49 bits per heavy atom. The number of esters is 2. The first kappa shape index (κ1) is 40.4. The maximum Gasteiger partial charge on any atom is 0.358 e. The number of hydrogen-bond donors (Lipinski definition) is 1. The highest BCUT2D eigenvalue weighted by Crippen LogP contribution is 2.48. The molecule has 1 spiro atoms. The number of benzene rings is 3. The van der Waals surface area contributed by atoms with Gasteiger partial charge < -0.3 is 19.1 Å². The molecule has 1 atom stereocenters. The minimum atomic E-state index is -0.727. The van der Waals surface area contributed by atoms with Crippen molar-refractivity contribution in [3.63, 3.8) is 0 Å². The summed E-state index contributed by atoms with van der Waals surface area (Å²) in [7, 11) is 0. The Kier molecular flexibility index (Phi) is 11.5. The summed E-state index contributed by atoms with van der Waals surface area (Å²) >= 11 is 1.45. The molecular formula is C47H53N5O6S. The molecule has 1 aliphatic carbocycles. The quantitative estimate of drug-likeness (QED) is 0.137. The number of thiazole rings is 1. The molecule has 3 aliphatic rings. The van der Waals surface area contributed by atoms with E-state index in [2.05, 4.69) is 26.2 Å². The van der Waals surface area contributed by atoms with Crippen LogP contribution in [0.25, 0.3) is 21.3 Å². The van der Waals surface area contributed by atoms with Gasteiger partial charge in [-0.1, -0.05) is 47.7 Å². The number of carbonyl (C=O) groups excluding carboxylic acids is 3. The number of piperidine rings is 1. The van der Waals surface area contributed by atoms with Gasteiger partial charge in [0.25, 0.3) is 5.91 Å². The largest absolute Gasteiger partial charge is 0.490 e. The number of nitrogens with zero attached hydrogens (tertiary/aromatic N) is 4. The van der Waals surface area contributed by atoms with E-state index in [0.717, 1.165) is 89.8 Å². The first-order valence-electron chi connectivity index (χ1n) is 20.8. The maximum absolute atomic E-state index is 14.0. The first-order valence-corrected chi connectivity index (χ1v) is 21.6. The summed E-state index contributed by atoms with van der Waals surface area (Å²) in [5, 5.41) is 3.59. The van der Waals surface area contributed by atoms with E-state index < -0.39 is 11.6 Å². The summed E-state index contributed by atoms with van der Waals surface area (Å²) in [6.45, 7) is 13.1. The Morgan fingerprint density at radius 1 is 0.915 bits per heavy atom. The highest BCUT2D eigenvalue weighted by molar-refractivity contribution is 7.22. The molecule has 308 valence electrons. The van der Waals surface area contributed by atoms with Crippen LogP contribution in [0.4, 0.5) is 10.9 Å². The van der Waals surface area contributed by atoms with Crippen LogP contribution in [0.15, 0.2) is 72.8 Å². The number of nitrogens with one attached hydrogen (secondary N) is 1. The number of para-hydroxylation sites is 1. The maximum atomic E-state index is 14.0. The molecule has 2 aliphatic heterocycles. The summed E-state index contributed by atoms with van der Waals surface area (Å²) in [4.78, 5) is 53.8. The van der Waals surface area contributed by atoms with Gasteiger partial charge in [-0.2, -0.15) is 0 Å². The average Bonchev–Trinajstić information content (AvgIpc) is 3.81. The Morgan fingerprint density at radius 2 is 1.71 bits per heavy atom. The van der Waals surface area contributed by atoms with Gasteiger partial charge in [-0.25, -0.2) is 14.8 Å². The second-order valence-electron chi connectivity index (χ2n) is 17.1. The van der Waals surface area contributed by atoms with Crippen LogP contribution in [0.5, 0.6) is 5.75 Å². The third-order valence-corrected chi connectivity index (χ3v) is 12.9. The van der Waals surface area contributed by atoms with Crippen molar-refractivity contribution in [3.05, 3.63) is 101 Å². The van der Waals surface area contributed by atoms with Crippen LogP contribution >= 0.6 is 11.3 Å². The van der Waals surface area contributed by atoms with Gasteiger partial charge in [0.15, 0.2) is 10.8 Å². The highest BCUT2D eigenvalue weighted by Gasteiger charge is 2.42. The predicted molar refractivity (Wildman–Crippen MR) is 231 cm³/mol. The molecular weight excluding hydrogens is 763 g/mol. The molecule has 0 unspecified atom stereocenters. The van der Waals surface area contributed by atoms with Crippen LogP contribution in [0.2, 0.25) is 0 Å². The normalized spacial score (nSPS) is 17.8. The van der Waals surface area contributed by atoms with Gasteiger partial charge in [-0.3, -0.25) is 19.8 Å². The smallest absolute Gasteiger partial charge is 0.358 e. The third-order valence-electron chi connectivity index (χ3n) is 11.9. The fourth-order valence-electron chi connectivity index (χ4n) is 8.90. The van der Waals surface area contributed by atoms with Crippen LogP contribution in [-0.2, 0) is 27.2 Å². The standard InChI is InChI=1S/C47H53N5O6S/c1-6-56-41(53)29-51-25-22-47(23-26-51)21-19-32(27-47)57-38-15-10-12-33(30(38)2)34-17-18-40(49-42(34)44(55)58-46(3,4)5)52-24-20-31-11-9-13-35(36(31)28-52)43(54)50-45-48-37-14-7-8-16-39(37)59-45/h7-18,32H,6,19-29H2,1-5H3,(H,48,50,54)/t32-/m1/s1. The molecule has 8 rings (SSSR count). The zero-order valence-electron chi connectivity index (χ0n) is 34.6. The van der Waals surface area contributed by atoms with E-state index >= 15 is 0 Å². The van der Waals surface area contributed by atoms with E-state index in [-0.39, 0.29) is 29.1 Å². The predicted octanol–water partition coefficient (Wildman–Crippen LogP) is 9.01. The Balaban J connectivity index is 1.01. The van der Waals surface area contributed by atoms with Crippen LogP contribution in [0.3, 0.4) is 0 Å². The zero-order chi connectivity index (χ0) is 41.3. The van der Waals surface area contributed by atoms with E-state index in [0.29, 0.717) is 48.3 Å². The Hall–Kier alpha value is -5.33. The number of hydrogen-bond acceptors (Lipinski definition) is 11. The molecule has 2 aromatic heterocycles. The molecule has 0 bridgehead atoms. The number of aromatic nitrogens is 2. The molecule has 1 N–H and O–H groups in total. The van der Waals surface area contributed by atoms with E-state index in [1.807, 2.05) is 101 Å². The molecule has 2 fully saturated rings. The molecule has 1 saturated carbocycles. The van der Waals surface area contributed by atoms with E-state index in [1.54, 1.807) is 0 Å². The molecule has 0 radical (unpaired) electrons. The SMILES string of the molecule is CCOC(=O)CN1CCC2(CC[C@@H](Oc3cccc(-c4ccc(N5CCc6cccc(C(=O)Nc7nc8ccccc8s7)c6C5)nc4C(=O)OC(C)(C)C)c3C)C2)CC1. The van der Waals surface area contributed by atoms with Gasteiger partial charge in [0.2, 0.25) is 0 Å². The zero-order valence-corrected chi connectivity index (χ0v) is 35.5. The molecule has 5 aromatic rings. The lowest BCUT2D eigenvalue weighted by molar-refractivity contribution is -0.145. The van der Waals surface area contributed by atoms with Gasteiger partial charge in [0.05, 0.1) is 29.5 Å². The molecule has 12 heteroatoms. The van der Waals surface area contributed by atoms with Crippen LogP contribution in [0.1, 0.15) is 97.3 Å². The lowest BCUT2D eigenvalue weighted by Gasteiger charge is -2.39. The van der Waals surface area contributed by atoms with E-state index in [1.165, 1.54) is 11.3 Å². The van der Waals surface area contributed by atoms with Crippen molar-refractivity contribution >= 4 is 50.3 Å². The van der Waals surface area contributed by atoms with Gasteiger partial charge in [0, 0.05) is 24.2 Å². The number of fused-ring (bicyclic) bond motifs is 2. The molecule has 59 heavy (non-hydrogen) atoms. The van der Waals surface area contributed by atoms with Crippen molar-refractivity contribution in [2.75, 3.05) is 43.0 Å². The Labute approximate surface area is 350 Å². The number of carbonyl (C=O) groups is 3. The fraction of sp³-hybridized carbons (Fsp3) is 0.426. The van der Waals surface area contributed by atoms with Crippen molar-refractivity contribution in [1.29, 1.82) is 0 Å². The molecule has 11 nitrogen and oxygen atoms in total. The van der Waals surface area contributed by atoms with Gasteiger partial charge in [0.1, 0.15) is 17.2 Å².